The third-order valence-electron chi connectivity index (χ3n) is 3.53. The molecule has 0 aliphatic heterocycles. The number of fused-ring (bicyclic) bond motifs is 1. The summed E-state index contributed by atoms with van der Waals surface area (Å²) in [6, 6.07) is 5.74. The van der Waals surface area contributed by atoms with Crippen LogP contribution in [0, 0.1) is 11.8 Å². The van der Waals surface area contributed by atoms with Crippen molar-refractivity contribution in [3.05, 3.63) is 34.3 Å². The summed E-state index contributed by atoms with van der Waals surface area (Å²) in [5.41, 5.74) is 2.53. The zero-order valence-corrected chi connectivity index (χ0v) is 11.0. The van der Waals surface area contributed by atoms with Crippen LogP contribution in [0.3, 0.4) is 0 Å². The van der Waals surface area contributed by atoms with Crippen molar-refractivity contribution >= 4 is 11.1 Å². The Hall–Kier alpha value is -1.55. The molecule has 1 N–H and O–H groups in total. The van der Waals surface area contributed by atoms with Crippen molar-refractivity contribution in [3.8, 4) is 0 Å². The molecule has 0 aliphatic carbocycles. The van der Waals surface area contributed by atoms with Crippen molar-refractivity contribution in [2.75, 3.05) is 6.61 Å². The topological polar surface area (TPSA) is 55.4 Å². The first-order valence-corrected chi connectivity index (χ1v) is 6.22. The van der Waals surface area contributed by atoms with Gasteiger partial charge in [-0.15, -0.1) is 0 Å². The Morgan fingerprint density at radius 3 is 2.72 bits per heavy atom. The number of aliphatic hydroxyl groups is 1. The molecule has 1 aromatic carbocycles. The van der Waals surface area contributed by atoms with Gasteiger partial charge >= 0.3 is 5.76 Å². The summed E-state index contributed by atoms with van der Waals surface area (Å²) >= 11 is 0. The number of hydrogen-bond acceptors (Lipinski definition) is 3. The lowest BCUT2D eigenvalue weighted by atomic mass is 9.90. The SMILES string of the molecule is CC(C)C(CO)Cc1ccc2oc(=O)n(C)c2c1. The first-order valence-electron chi connectivity index (χ1n) is 6.22. The number of oxazole rings is 1. The first-order chi connectivity index (χ1) is 8.52. The van der Waals surface area contributed by atoms with E-state index in [-0.39, 0.29) is 18.3 Å². The van der Waals surface area contributed by atoms with Gasteiger partial charge in [-0.3, -0.25) is 4.57 Å². The molecule has 0 spiro atoms. The highest BCUT2D eigenvalue weighted by Crippen LogP contribution is 2.20. The number of hydrogen-bond donors (Lipinski definition) is 1. The van der Waals surface area contributed by atoms with Crippen LogP contribution in [0.2, 0.25) is 0 Å². The van der Waals surface area contributed by atoms with Crippen molar-refractivity contribution < 1.29 is 9.52 Å². The van der Waals surface area contributed by atoms with Crippen LogP contribution in [-0.4, -0.2) is 16.3 Å². The van der Waals surface area contributed by atoms with Gasteiger partial charge in [0.25, 0.3) is 0 Å². The van der Waals surface area contributed by atoms with Crippen LogP contribution < -0.4 is 5.76 Å². The molecule has 1 atom stereocenters. The Bertz CT molecular complexity index is 595. The Balaban J connectivity index is 2.35. The normalized spacial score (nSPS) is 13.4. The molecule has 2 aromatic rings. The number of aryl methyl sites for hydroxylation is 1. The van der Waals surface area contributed by atoms with Gasteiger partial charge in [-0.25, -0.2) is 4.79 Å². The van der Waals surface area contributed by atoms with Crippen molar-refractivity contribution in [3.63, 3.8) is 0 Å². The molecule has 0 aliphatic rings. The summed E-state index contributed by atoms with van der Waals surface area (Å²) in [7, 11) is 1.70. The summed E-state index contributed by atoms with van der Waals surface area (Å²) in [6.45, 7) is 4.39. The summed E-state index contributed by atoms with van der Waals surface area (Å²) < 4.78 is 6.59. The molecule has 2 rings (SSSR count). The van der Waals surface area contributed by atoms with Crippen LogP contribution in [0.4, 0.5) is 0 Å². The summed E-state index contributed by atoms with van der Waals surface area (Å²) in [5.74, 6) is 0.329. The van der Waals surface area contributed by atoms with Gasteiger partial charge in [0.2, 0.25) is 0 Å². The van der Waals surface area contributed by atoms with E-state index in [0.29, 0.717) is 11.5 Å². The molecular weight excluding hydrogens is 230 g/mol. The van der Waals surface area contributed by atoms with Crippen LogP contribution >= 0.6 is 0 Å². The number of aromatic nitrogens is 1. The molecule has 0 radical (unpaired) electrons. The highest BCUT2D eigenvalue weighted by Gasteiger charge is 2.14. The van der Waals surface area contributed by atoms with Crippen molar-refractivity contribution in [1.29, 1.82) is 0 Å². The molecule has 1 heterocycles. The fourth-order valence-corrected chi connectivity index (χ4v) is 2.11. The van der Waals surface area contributed by atoms with E-state index in [4.69, 9.17) is 4.42 Å². The third-order valence-corrected chi connectivity index (χ3v) is 3.53. The minimum Gasteiger partial charge on any atom is -0.408 e. The monoisotopic (exact) mass is 249 g/mol. The van der Waals surface area contributed by atoms with Gasteiger partial charge in [-0.1, -0.05) is 19.9 Å². The highest BCUT2D eigenvalue weighted by atomic mass is 16.4. The van der Waals surface area contributed by atoms with E-state index >= 15 is 0 Å². The lowest BCUT2D eigenvalue weighted by molar-refractivity contribution is 0.189. The van der Waals surface area contributed by atoms with Crippen molar-refractivity contribution in [2.24, 2.45) is 18.9 Å². The van der Waals surface area contributed by atoms with Gasteiger partial charge in [0, 0.05) is 13.7 Å². The molecule has 18 heavy (non-hydrogen) atoms. The molecule has 4 heteroatoms. The summed E-state index contributed by atoms with van der Waals surface area (Å²) in [5, 5.41) is 9.36. The maximum Gasteiger partial charge on any atom is 0.419 e. The first kappa shape index (κ1) is 12.9. The second-order valence-corrected chi connectivity index (χ2v) is 5.12. The lowest BCUT2D eigenvalue weighted by Gasteiger charge is -2.18. The molecule has 0 bridgehead atoms. The predicted molar refractivity (Wildman–Crippen MR) is 70.6 cm³/mol. The van der Waals surface area contributed by atoms with Crippen LogP contribution in [0.25, 0.3) is 11.1 Å². The van der Waals surface area contributed by atoms with Crippen molar-refractivity contribution in [1.82, 2.24) is 4.57 Å². The average Bonchev–Trinajstić information content (AvgIpc) is 2.62. The number of nitrogens with zero attached hydrogens (tertiary/aromatic N) is 1. The summed E-state index contributed by atoms with van der Waals surface area (Å²) in [4.78, 5) is 11.4. The van der Waals surface area contributed by atoms with Gasteiger partial charge in [-0.2, -0.15) is 0 Å². The Kier molecular flexibility index (Phi) is 3.57. The number of benzene rings is 1. The van der Waals surface area contributed by atoms with Gasteiger partial charge in [-0.05, 0) is 36.0 Å². The second-order valence-electron chi connectivity index (χ2n) is 5.12. The van der Waals surface area contributed by atoms with Crippen molar-refractivity contribution in [2.45, 2.75) is 20.3 Å². The maximum atomic E-state index is 11.4. The highest BCUT2D eigenvalue weighted by molar-refractivity contribution is 5.73. The quantitative estimate of drug-likeness (QED) is 0.901. The van der Waals surface area contributed by atoms with E-state index in [0.717, 1.165) is 17.5 Å². The third kappa shape index (κ3) is 2.34. The number of aliphatic hydroxyl groups excluding tert-OH is 1. The van der Waals surface area contributed by atoms with E-state index in [2.05, 4.69) is 13.8 Å². The molecule has 1 unspecified atom stereocenters. The maximum absolute atomic E-state index is 11.4. The van der Waals surface area contributed by atoms with E-state index in [9.17, 15) is 9.90 Å². The average molecular weight is 249 g/mol. The molecular formula is C14H19NO3. The fourth-order valence-electron chi connectivity index (χ4n) is 2.11. The lowest BCUT2D eigenvalue weighted by Crippen LogP contribution is -2.16. The molecule has 0 saturated carbocycles. The minimum atomic E-state index is -0.343. The summed E-state index contributed by atoms with van der Waals surface area (Å²) in [6.07, 6.45) is 0.809. The molecule has 0 amide bonds. The Morgan fingerprint density at radius 1 is 1.39 bits per heavy atom. The van der Waals surface area contributed by atoms with Gasteiger partial charge < -0.3 is 9.52 Å². The molecule has 0 fully saturated rings. The molecule has 4 nitrogen and oxygen atoms in total. The predicted octanol–water partition coefficient (Wildman–Crippen LogP) is 1.94. The van der Waals surface area contributed by atoms with E-state index in [1.54, 1.807) is 7.05 Å². The molecule has 98 valence electrons. The van der Waals surface area contributed by atoms with Crippen LogP contribution in [-0.2, 0) is 13.5 Å². The van der Waals surface area contributed by atoms with Crippen LogP contribution in [0.5, 0.6) is 0 Å². The van der Waals surface area contributed by atoms with E-state index in [1.165, 1.54) is 4.57 Å². The van der Waals surface area contributed by atoms with Gasteiger partial charge in [0.05, 0.1) is 5.52 Å². The molecule has 0 saturated heterocycles. The standard InChI is InChI=1S/C14H19NO3/c1-9(2)11(8-16)6-10-4-5-13-12(7-10)15(3)14(17)18-13/h4-5,7,9,11,16H,6,8H2,1-3H3. The fraction of sp³-hybridized carbons (Fsp3) is 0.500. The minimum absolute atomic E-state index is 0.181. The Labute approximate surface area is 106 Å². The Morgan fingerprint density at radius 2 is 2.11 bits per heavy atom. The van der Waals surface area contributed by atoms with Crippen LogP contribution in [0.1, 0.15) is 19.4 Å². The van der Waals surface area contributed by atoms with Gasteiger partial charge in [0.1, 0.15) is 0 Å². The second kappa shape index (κ2) is 4.98. The smallest absolute Gasteiger partial charge is 0.408 e. The zero-order chi connectivity index (χ0) is 13.3. The van der Waals surface area contributed by atoms with E-state index < -0.39 is 0 Å². The largest absolute Gasteiger partial charge is 0.419 e. The van der Waals surface area contributed by atoms with Gasteiger partial charge in [0.15, 0.2) is 5.58 Å². The molecule has 1 aromatic heterocycles. The number of rotatable bonds is 4. The van der Waals surface area contributed by atoms with Crippen LogP contribution in [0.15, 0.2) is 27.4 Å². The van der Waals surface area contributed by atoms with E-state index in [1.807, 2.05) is 18.2 Å². The zero-order valence-electron chi connectivity index (χ0n) is 11.0.